The summed E-state index contributed by atoms with van der Waals surface area (Å²) in [5.74, 6) is -5.13. The molecule has 36 heavy (non-hydrogen) atoms. The van der Waals surface area contributed by atoms with Crippen LogP contribution in [0.1, 0.15) is 24.2 Å². The number of hydrogen-bond acceptors (Lipinski definition) is 11. The van der Waals surface area contributed by atoms with Crippen LogP contribution in [0.3, 0.4) is 0 Å². The quantitative estimate of drug-likeness (QED) is 0.0999. The number of esters is 1. The first kappa shape index (κ1) is 32.8. The second kappa shape index (κ2) is 13.5. The molecule has 2 heterocycles. The van der Waals surface area contributed by atoms with E-state index >= 15 is 0 Å². The van der Waals surface area contributed by atoms with Crippen molar-refractivity contribution < 1.29 is 106 Å². The van der Waals surface area contributed by atoms with Crippen molar-refractivity contribution in [3.63, 3.8) is 0 Å². The second-order valence-electron chi connectivity index (χ2n) is 7.46. The van der Waals surface area contributed by atoms with Crippen molar-refractivity contribution in [1.82, 2.24) is 10.2 Å². The van der Waals surface area contributed by atoms with Crippen molar-refractivity contribution >= 4 is 51.4 Å². The Labute approximate surface area is 254 Å². The van der Waals surface area contributed by atoms with Gasteiger partial charge in [-0.2, -0.15) is 0 Å². The molecule has 2 amide bonds. The third kappa shape index (κ3) is 7.42. The maximum absolute atomic E-state index is 12.7. The SMILES string of the molecule is CC(=O)CC(=O)OCC1=C(C(=O)[O-])N2C(=O)[C@@H](NC(=O)C(c3ccccc3)S(=O)(=O)[O-])[C@@H]2SC1.[Na+].[Na+]. The molecule has 1 fully saturated rings. The number of hydrogen-bond donors (Lipinski definition) is 1. The van der Waals surface area contributed by atoms with E-state index in [2.05, 4.69) is 5.32 Å². The zero-order chi connectivity index (χ0) is 25.2. The van der Waals surface area contributed by atoms with Crippen LogP contribution in [0.5, 0.6) is 0 Å². The number of ether oxygens (including phenoxy) is 1. The molecular formula is C20H18N2Na2O10S2. The Balaban J connectivity index is 0.00000324. The van der Waals surface area contributed by atoms with Crippen molar-refractivity contribution in [2.45, 2.75) is 30.0 Å². The van der Waals surface area contributed by atoms with Gasteiger partial charge in [0.15, 0.2) is 5.25 Å². The van der Waals surface area contributed by atoms with E-state index in [9.17, 15) is 42.0 Å². The number of nitrogens with zero attached hydrogens (tertiary/aromatic N) is 1. The number of carbonyl (C=O) groups is 5. The first-order valence-corrected chi connectivity index (χ1v) is 12.3. The van der Waals surface area contributed by atoms with Gasteiger partial charge in [0.25, 0.3) is 5.91 Å². The van der Waals surface area contributed by atoms with E-state index in [1.807, 2.05) is 0 Å². The van der Waals surface area contributed by atoms with E-state index < -0.39 is 75.0 Å². The maximum atomic E-state index is 12.7. The van der Waals surface area contributed by atoms with Crippen LogP contribution >= 0.6 is 11.8 Å². The number of ketones is 1. The average Bonchev–Trinajstić information content (AvgIpc) is 2.74. The van der Waals surface area contributed by atoms with Crippen LogP contribution in [0.4, 0.5) is 0 Å². The predicted molar refractivity (Wildman–Crippen MR) is 112 cm³/mol. The zero-order valence-corrected chi connectivity index (χ0v) is 25.2. The summed E-state index contributed by atoms with van der Waals surface area (Å²) in [6.07, 6.45) is -0.494. The number of carbonyl (C=O) groups excluding carboxylic acids is 5. The molecule has 0 aromatic heterocycles. The summed E-state index contributed by atoms with van der Waals surface area (Å²) in [7, 11) is -5.13. The fourth-order valence-corrected chi connectivity index (χ4v) is 5.66. The molecular weight excluding hydrogens is 538 g/mol. The monoisotopic (exact) mass is 556 g/mol. The number of benzene rings is 1. The van der Waals surface area contributed by atoms with Gasteiger partial charge in [0, 0.05) is 11.3 Å². The molecule has 182 valence electrons. The molecule has 3 rings (SSSR count). The Bertz CT molecular complexity index is 1190. The Morgan fingerprint density at radius 3 is 2.33 bits per heavy atom. The first-order chi connectivity index (χ1) is 15.9. The van der Waals surface area contributed by atoms with E-state index in [0.29, 0.717) is 0 Å². The van der Waals surface area contributed by atoms with E-state index in [1.54, 1.807) is 6.07 Å². The normalized spacial score (nSPS) is 19.5. The van der Waals surface area contributed by atoms with Crippen molar-refractivity contribution in [1.29, 1.82) is 0 Å². The summed E-state index contributed by atoms with van der Waals surface area (Å²) in [5, 5.41) is 10.9. The van der Waals surface area contributed by atoms with Gasteiger partial charge in [0.2, 0.25) is 5.91 Å². The van der Waals surface area contributed by atoms with Gasteiger partial charge in [-0.1, -0.05) is 30.3 Å². The number of fused-ring (bicyclic) bond motifs is 1. The molecule has 1 aromatic carbocycles. The molecule has 0 bridgehead atoms. The number of Topliss-reactive ketones (excluding diaryl/α,β-unsaturated/α-hetero) is 1. The third-order valence-corrected chi connectivity index (χ3v) is 7.37. The standard InChI is InChI=1S/C20H20N2O10S2.2Na/c1-10(23)7-13(24)32-8-12-9-33-19-14(18(26)22(19)15(12)20(27)28)21-17(25)16(34(29,30)31)11-5-3-2-4-6-11;;/h2-6,14,16,19H,7-9H2,1H3,(H,21,25)(H,27,28)(H,29,30,31);;/q;2*+1/p-2/t14-,16?,19+;;/m1../s1. The molecule has 1 saturated heterocycles. The molecule has 0 spiro atoms. The van der Waals surface area contributed by atoms with Crippen LogP contribution in [0.2, 0.25) is 0 Å². The fourth-order valence-electron chi connectivity index (χ4n) is 3.51. The van der Waals surface area contributed by atoms with E-state index in [-0.39, 0.29) is 76.0 Å². The molecule has 0 radical (unpaired) electrons. The number of thioether (sulfide) groups is 1. The van der Waals surface area contributed by atoms with Crippen LogP contribution < -0.4 is 69.5 Å². The van der Waals surface area contributed by atoms with E-state index in [4.69, 9.17) is 4.74 Å². The topological polar surface area (TPSA) is 190 Å². The molecule has 1 N–H and O–H groups in total. The summed E-state index contributed by atoms with van der Waals surface area (Å²) >= 11 is 1.03. The Morgan fingerprint density at radius 1 is 1.19 bits per heavy atom. The van der Waals surface area contributed by atoms with Crippen molar-refractivity contribution in [3.05, 3.63) is 47.2 Å². The molecule has 0 aliphatic carbocycles. The molecule has 2 aliphatic rings. The zero-order valence-electron chi connectivity index (χ0n) is 19.6. The predicted octanol–water partition coefficient (Wildman–Crippen LogP) is -7.79. The number of β-lactam (4-membered cyclic amide) rings is 1. The fraction of sp³-hybridized carbons (Fsp3) is 0.350. The Kier molecular flexibility index (Phi) is 12.3. The van der Waals surface area contributed by atoms with Gasteiger partial charge in [-0.15, -0.1) is 11.8 Å². The number of carboxylic acids is 1. The van der Waals surface area contributed by atoms with Gasteiger partial charge in [0.05, 0.1) is 11.7 Å². The van der Waals surface area contributed by atoms with Crippen molar-refractivity contribution in [2.24, 2.45) is 0 Å². The van der Waals surface area contributed by atoms with Crippen molar-refractivity contribution in [3.8, 4) is 0 Å². The van der Waals surface area contributed by atoms with Gasteiger partial charge in [-0.3, -0.25) is 24.1 Å². The number of carboxylic acid groups (broad SMARTS) is 1. The molecule has 16 heteroatoms. The van der Waals surface area contributed by atoms with Crippen LogP contribution in [-0.4, -0.2) is 71.2 Å². The van der Waals surface area contributed by atoms with Gasteiger partial charge < -0.3 is 24.5 Å². The number of amides is 2. The van der Waals surface area contributed by atoms with Gasteiger partial charge in [0.1, 0.15) is 40.3 Å². The smallest absolute Gasteiger partial charge is 0.747 e. The van der Waals surface area contributed by atoms with E-state index in [0.717, 1.165) is 16.7 Å². The van der Waals surface area contributed by atoms with Gasteiger partial charge in [-0.05, 0) is 12.5 Å². The largest absolute Gasteiger partial charge is 1.00 e. The number of aliphatic carboxylic acids is 1. The summed E-state index contributed by atoms with van der Waals surface area (Å²) < 4.78 is 40.1. The third-order valence-electron chi connectivity index (χ3n) is 4.97. The van der Waals surface area contributed by atoms with Crippen LogP contribution in [0, 0.1) is 0 Å². The molecule has 1 aromatic rings. The summed E-state index contributed by atoms with van der Waals surface area (Å²) in [4.78, 5) is 60.5. The number of nitrogens with one attached hydrogen (secondary N) is 1. The minimum absolute atomic E-state index is 0. The van der Waals surface area contributed by atoms with Crippen LogP contribution in [0.25, 0.3) is 0 Å². The van der Waals surface area contributed by atoms with Gasteiger partial charge >= 0.3 is 65.1 Å². The van der Waals surface area contributed by atoms with Crippen LogP contribution in [-0.2, 0) is 38.8 Å². The first-order valence-electron chi connectivity index (χ1n) is 9.75. The van der Waals surface area contributed by atoms with Gasteiger partial charge in [-0.25, -0.2) is 8.42 Å². The van der Waals surface area contributed by atoms with Crippen molar-refractivity contribution in [2.75, 3.05) is 12.4 Å². The minimum Gasteiger partial charge on any atom is -0.747 e. The molecule has 2 aliphatic heterocycles. The average molecular weight is 556 g/mol. The minimum atomic E-state index is -5.13. The van der Waals surface area contributed by atoms with E-state index in [1.165, 1.54) is 31.2 Å². The summed E-state index contributed by atoms with van der Waals surface area (Å²) in [6.45, 7) is 0.697. The Hall–Kier alpha value is -1.23. The molecule has 3 atom stereocenters. The summed E-state index contributed by atoms with van der Waals surface area (Å²) in [5.41, 5.74) is -0.564. The second-order valence-corrected chi connectivity index (χ2v) is 10.0. The number of rotatable bonds is 9. The molecule has 0 saturated carbocycles. The molecule has 1 unspecified atom stereocenters. The van der Waals surface area contributed by atoms with Crippen LogP contribution in [0.15, 0.2) is 41.6 Å². The maximum Gasteiger partial charge on any atom is 1.00 e. The Morgan fingerprint density at radius 2 is 1.81 bits per heavy atom. The summed E-state index contributed by atoms with van der Waals surface area (Å²) in [6, 6.07) is 5.71. The molecule has 12 nitrogen and oxygen atoms in total.